The molecule has 0 amide bonds. The third-order valence-corrected chi connectivity index (χ3v) is 6.14. The Hall–Kier alpha value is -1.86. The fourth-order valence-electron chi connectivity index (χ4n) is 3.01. The first kappa shape index (κ1) is 15.7. The lowest BCUT2D eigenvalue weighted by molar-refractivity contribution is 0.507. The molecule has 0 radical (unpaired) electrons. The van der Waals surface area contributed by atoms with Gasteiger partial charge in [-0.15, -0.1) is 21.5 Å². The summed E-state index contributed by atoms with van der Waals surface area (Å²) in [6, 6.07) is 6.58. The molecule has 0 aliphatic carbocycles. The summed E-state index contributed by atoms with van der Waals surface area (Å²) in [5.74, 6) is 0.279. The molecule has 0 N–H and O–H groups in total. The first-order valence-corrected chi connectivity index (χ1v) is 9.69. The van der Waals surface area contributed by atoms with Crippen molar-refractivity contribution < 1.29 is 4.39 Å². The van der Waals surface area contributed by atoms with Crippen LogP contribution in [0.15, 0.2) is 35.8 Å². The van der Waals surface area contributed by atoms with E-state index in [2.05, 4.69) is 20.1 Å². The summed E-state index contributed by atoms with van der Waals surface area (Å²) in [5.41, 5.74) is 1.05. The Kier molecular flexibility index (Phi) is 4.53. The van der Waals surface area contributed by atoms with Gasteiger partial charge in [0.2, 0.25) is 5.13 Å². The Morgan fingerprint density at radius 1 is 1.21 bits per heavy atom. The van der Waals surface area contributed by atoms with Gasteiger partial charge >= 0.3 is 0 Å². The molecule has 0 spiro atoms. The van der Waals surface area contributed by atoms with Crippen LogP contribution >= 0.6 is 22.7 Å². The van der Waals surface area contributed by atoms with Crippen molar-refractivity contribution in [2.45, 2.75) is 25.2 Å². The molecule has 124 valence electrons. The van der Waals surface area contributed by atoms with Gasteiger partial charge < -0.3 is 4.90 Å². The molecule has 1 aliphatic heterocycles. The number of thiazole rings is 1. The molecule has 2 aromatic heterocycles. The van der Waals surface area contributed by atoms with Crippen LogP contribution in [0.3, 0.4) is 0 Å². The average molecular weight is 360 g/mol. The van der Waals surface area contributed by atoms with Crippen LogP contribution in [0, 0.1) is 5.82 Å². The Labute approximate surface area is 148 Å². The minimum atomic E-state index is -0.210. The van der Waals surface area contributed by atoms with Crippen LogP contribution in [0.5, 0.6) is 0 Å². The molecular weight excluding hydrogens is 343 g/mol. The summed E-state index contributed by atoms with van der Waals surface area (Å²) < 4.78 is 13.0. The largest absolute Gasteiger partial charge is 0.346 e. The van der Waals surface area contributed by atoms with Gasteiger partial charge in [0.1, 0.15) is 10.8 Å². The lowest BCUT2D eigenvalue weighted by atomic mass is 9.99. The van der Waals surface area contributed by atoms with Gasteiger partial charge in [0.15, 0.2) is 0 Å². The normalized spacial score (nSPS) is 18.0. The second kappa shape index (κ2) is 6.94. The fourth-order valence-corrected chi connectivity index (χ4v) is 4.68. The van der Waals surface area contributed by atoms with Crippen LogP contribution in [-0.4, -0.2) is 28.3 Å². The minimum absolute atomic E-state index is 0.210. The molecule has 0 saturated carbocycles. The van der Waals surface area contributed by atoms with Crippen molar-refractivity contribution in [1.82, 2.24) is 15.2 Å². The average Bonchev–Trinajstić information content (AvgIpc) is 3.29. The van der Waals surface area contributed by atoms with E-state index in [0.29, 0.717) is 12.3 Å². The van der Waals surface area contributed by atoms with E-state index in [1.165, 1.54) is 23.6 Å². The van der Waals surface area contributed by atoms with E-state index in [1.54, 1.807) is 34.8 Å². The quantitative estimate of drug-likeness (QED) is 0.702. The number of piperidine rings is 1. The van der Waals surface area contributed by atoms with Gasteiger partial charge in [0.25, 0.3) is 0 Å². The van der Waals surface area contributed by atoms with E-state index in [9.17, 15) is 4.39 Å². The third-order valence-electron chi connectivity index (χ3n) is 4.22. The Bertz CT molecular complexity index is 785. The van der Waals surface area contributed by atoms with Crippen molar-refractivity contribution in [2.24, 2.45) is 0 Å². The number of rotatable bonds is 4. The lowest BCUT2D eigenvalue weighted by Crippen LogP contribution is -2.34. The van der Waals surface area contributed by atoms with E-state index >= 15 is 0 Å². The van der Waals surface area contributed by atoms with Crippen LogP contribution in [0.1, 0.15) is 34.3 Å². The monoisotopic (exact) mass is 360 g/mol. The minimum Gasteiger partial charge on any atom is -0.346 e. The molecule has 1 atom stereocenters. The maximum absolute atomic E-state index is 13.0. The summed E-state index contributed by atoms with van der Waals surface area (Å²) in [7, 11) is 0. The molecule has 4 nitrogen and oxygen atoms in total. The fraction of sp³-hybridized carbons (Fsp3) is 0.353. The second-order valence-electron chi connectivity index (χ2n) is 5.94. The van der Waals surface area contributed by atoms with Gasteiger partial charge in [0, 0.05) is 37.0 Å². The molecule has 1 aromatic carbocycles. The van der Waals surface area contributed by atoms with E-state index in [4.69, 9.17) is 0 Å². The molecule has 7 heteroatoms. The summed E-state index contributed by atoms with van der Waals surface area (Å²) in [6.45, 7) is 1.98. The highest BCUT2D eigenvalue weighted by atomic mass is 32.1. The SMILES string of the molecule is Fc1ccc(Cc2nnc(N3CCCC(c4nccs4)C3)s2)cc1. The number of benzene rings is 1. The highest BCUT2D eigenvalue weighted by Crippen LogP contribution is 2.32. The van der Waals surface area contributed by atoms with Crippen molar-refractivity contribution in [1.29, 1.82) is 0 Å². The molecule has 24 heavy (non-hydrogen) atoms. The summed E-state index contributed by atoms with van der Waals surface area (Å²) in [4.78, 5) is 6.79. The molecule has 1 unspecified atom stereocenters. The number of hydrogen-bond donors (Lipinski definition) is 0. The summed E-state index contributed by atoms with van der Waals surface area (Å²) in [6.07, 6.45) is 4.91. The van der Waals surface area contributed by atoms with Crippen LogP contribution < -0.4 is 4.90 Å². The lowest BCUT2D eigenvalue weighted by Gasteiger charge is -2.31. The maximum atomic E-state index is 13.0. The number of anilines is 1. The van der Waals surface area contributed by atoms with Gasteiger partial charge in [-0.2, -0.15) is 0 Å². The van der Waals surface area contributed by atoms with Crippen LogP contribution in [0.2, 0.25) is 0 Å². The first-order valence-electron chi connectivity index (χ1n) is 7.99. The molecule has 1 saturated heterocycles. The summed E-state index contributed by atoms with van der Waals surface area (Å²) >= 11 is 3.36. The summed E-state index contributed by atoms with van der Waals surface area (Å²) in [5, 5.41) is 13.9. The van der Waals surface area contributed by atoms with Gasteiger partial charge in [-0.3, -0.25) is 0 Å². The molecule has 0 bridgehead atoms. The molecule has 4 rings (SSSR count). The first-order chi connectivity index (χ1) is 11.8. The molecule has 1 fully saturated rings. The van der Waals surface area contributed by atoms with E-state index in [-0.39, 0.29) is 5.82 Å². The zero-order chi connectivity index (χ0) is 16.4. The highest BCUT2D eigenvalue weighted by molar-refractivity contribution is 7.15. The van der Waals surface area contributed by atoms with E-state index < -0.39 is 0 Å². The number of nitrogens with zero attached hydrogens (tertiary/aromatic N) is 4. The molecular formula is C17H17FN4S2. The maximum Gasteiger partial charge on any atom is 0.208 e. The zero-order valence-corrected chi connectivity index (χ0v) is 14.7. The Morgan fingerprint density at radius 2 is 2.08 bits per heavy atom. The highest BCUT2D eigenvalue weighted by Gasteiger charge is 2.25. The zero-order valence-electron chi connectivity index (χ0n) is 13.1. The van der Waals surface area contributed by atoms with Crippen molar-refractivity contribution >= 4 is 27.8 Å². The number of halogens is 1. The van der Waals surface area contributed by atoms with Gasteiger partial charge in [-0.1, -0.05) is 23.5 Å². The van der Waals surface area contributed by atoms with Gasteiger partial charge in [-0.25, -0.2) is 9.37 Å². The Morgan fingerprint density at radius 3 is 2.88 bits per heavy atom. The van der Waals surface area contributed by atoms with E-state index in [1.807, 2.05) is 11.6 Å². The Balaban J connectivity index is 1.45. The van der Waals surface area contributed by atoms with Crippen LogP contribution in [0.25, 0.3) is 0 Å². The topological polar surface area (TPSA) is 41.9 Å². The second-order valence-corrected chi connectivity index (χ2v) is 7.90. The standard InChI is InChI=1S/C17H17FN4S2/c18-14-5-3-12(4-6-14)10-15-20-21-17(24-15)22-8-1-2-13(11-22)16-19-7-9-23-16/h3-7,9,13H,1-2,8,10-11H2. The smallest absolute Gasteiger partial charge is 0.208 e. The third kappa shape index (κ3) is 3.47. The van der Waals surface area contributed by atoms with Gasteiger partial charge in [-0.05, 0) is 30.5 Å². The molecule has 1 aliphatic rings. The van der Waals surface area contributed by atoms with Crippen LogP contribution in [-0.2, 0) is 6.42 Å². The molecule has 3 aromatic rings. The van der Waals surface area contributed by atoms with E-state index in [0.717, 1.165) is 35.2 Å². The van der Waals surface area contributed by atoms with Crippen LogP contribution in [0.4, 0.5) is 9.52 Å². The predicted molar refractivity (Wildman–Crippen MR) is 95.4 cm³/mol. The van der Waals surface area contributed by atoms with Gasteiger partial charge in [0.05, 0.1) is 5.01 Å². The number of hydrogen-bond acceptors (Lipinski definition) is 6. The predicted octanol–water partition coefficient (Wildman–Crippen LogP) is 4.11. The van der Waals surface area contributed by atoms with Crippen molar-refractivity contribution in [3.8, 4) is 0 Å². The molecule has 3 heterocycles. The van der Waals surface area contributed by atoms with Crippen molar-refractivity contribution in [3.63, 3.8) is 0 Å². The number of aromatic nitrogens is 3. The van der Waals surface area contributed by atoms with Crippen molar-refractivity contribution in [2.75, 3.05) is 18.0 Å². The van der Waals surface area contributed by atoms with Crippen molar-refractivity contribution in [3.05, 3.63) is 57.2 Å².